The molecule has 0 aliphatic carbocycles. The quantitative estimate of drug-likeness (QED) is 0.167. The van der Waals surface area contributed by atoms with Gasteiger partial charge >= 0.3 is 0 Å². The van der Waals surface area contributed by atoms with Crippen molar-refractivity contribution in [2.75, 3.05) is 16.8 Å². The van der Waals surface area contributed by atoms with Crippen LogP contribution in [0.4, 0.5) is 17.1 Å². The number of para-hydroxylation sites is 3. The van der Waals surface area contributed by atoms with Crippen LogP contribution in [0.5, 0.6) is 11.5 Å². The van der Waals surface area contributed by atoms with Crippen LogP contribution >= 0.6 is 0 Å². The van der Waals surface area contributed by atoms with Crippen LogP contribution < -0.4 is 14.5 Å². The first-order chi connectivity index (χ1) is 21.9. The molecule has 1 aliphatic rings. The molecule has 0 saturated carbocycles. The van der Waals surface area contributed by atoms with E-state index in [0.29, 0.717) is 11.5 Å². The molecular weight excluding hydrogens is 736 g/mol. The fourth-order valence-electron chi connectivity index (χ4n) is 5.77. The molecule has 7 rings (SSSR count). The van der Waals surface area contributed by atoms with Crippen LogP contribution in [-0.4, -0.2) is 16.6 Å². The average Bonchev–Trinajstić information content (AvgIpc) is 3.56. The molecule has 0 saturated heterocycles. The molecule has 6 heteroatoms. The molecule has 0 N–H and O–H groups in total. The second-order valence-electron chi connectivity index (χ2n) is 13.4. The maximum absolute atomic E-state index is 8.11. The zero-order valence-corrected chi connectivity index (χ0v) is 28.6. The first-order valence-corrected chi connectivity index (χ1v) is 14.9. The number of nitrogens with zero attached hydrogens (tertiary/aromatic N) is 4. The minimum Gasteiger partial charge on any atom is -0.509 e. The maximum Gasteiger partial charge on any atom is 0.135 e. The van der Waals surface area contributed by atoms with Crippen LogP contribution in [-0.2, 0) is 31.9 Å². The van der Waals surface area contributed by atoms with Crippen molar-refractivity contribution in [1.82, 2.24) is 9.55 Å². The fourth-order valence-corrected chi connectivity index (χ4v) is 5.77. The second kappa shape index (κ2) is 11.4. The van der Waals surface area contributed by atoms with Gasteiger partial charge in [0, 0.05) is 58.4 Å². The SMILES string of the molecule is [2H]C([2H])N1[CH-]N(c2[c-]c(Oc3[c-]c4c(cc3)c3ccccc3n4-c3cc(C(C)(C)C)ccn3)cc(C(C)(C)C)c2)c2ccccc21.[Pt]. The summed E-state index contributed by atoms with van der Waals surface area (Å²) in [6.07, 6.45) is 1.88. The van der Waals surface area contributed by atoms with Crippen LogP contribution in [0, 0.1) is 18.8 Å². The van der Waals surface area contributed by atoms with E-state index >= 15 is 0 Å². The molecule has 0 radical (unpaired) electrons. The summed E-state index contributed by atoms with van der Waals surface area (Å²) in [5.74, 6) is 1.97. The molecule has 0 unspecified atom stereocenters. The Bertz CT molecular complexity index is 2090. The summed E-state index contributed by atoms with van der Waals surface area (Å²) >= 11 is 0. The van der Waals surface area contributed by atoms with Crippen molar-refractivity contribution in [3.8, 4) is 17.3 Å². The molecule has 0 fully saturated rings. The van der Waals surface area contributed by atoms with E-state index in [2.05, 4.69) is 107 Å². The zero-order chi connectivity index (χ0) is 32.4. The third-order valence-corrected chi connectivity index (χ3v) is 8.23. The predicted molar refractivity (Wildman–Crippen MR) is 181 cm³/mol. The van der Waals surface area contributed by atoms with Gasteiger partial charge in [0.25, 0.3) is 0 Å². The molecule has 45 heavy (non-hydrogen) atoms. The summed E-state index contributed by atoms with van der Waals surface area (Å²) in [6, 6.07) is 35.7. The molecular formula is C39H37N4OPt-3. The van der Waals surface area contributed by atoms with Gasteiger partial charge in [0.05, 0.1) is 0 Å². The Hall–Kier alpha value is -4.08. The van der Waals surface area contributed by atoms with Gasteiger partial charge in [-0.1, -0.05) is 77.4 Å². The number of ether oxygens (including phenoxy) is 1. The summed E-state index contributed by atoms with van der Waals surface area (Å²) in [5.41, 5.74) is 6.52. The second-order valence-corrected chi connectivity index (χ2v) is 13.4. The van der Waals surface area contributed by atoms with Crippen molar-refractivity contribution < 1.29 is 28.5 Å². The first-order valence-electron chi connectivity index (χ1n) is 16.1. The number of hydrogen-bond acceptors (Lipinski definition) is 4. The van der Waals surface area contributed by atoms with Crippen LogP contribution in [0.1, 0.15) is 55.4 Å². The average molecular weight is 775 g/mol. The number of rotatable bonds is 4. The minimum absolute atomic E-state index is 0. The summed E-state index contributed by atoms with van der Waals surface area (Å²) in [6.45, 7) is 13.8. The summed E-state index contributed by atoms with van der Waals surface area (Å²) in [4.78, 5) is 8.41. The van der Waals surface area contributed by atoms with Gasteiger partial charge in [0.2, 0.25) is 0 Å². The van der Waals surface area contributed by atoms with Gasteiger partial charge in [0.15, 0.2) is 0 Å². The van der Waals surface area contributed by atoms with Gasteiger partial charge in [-0.25, -0.2) is 4.98 Å². The third kappa shape index (κ3) is 5.64. The Kier molecular flexibility index (Phi) is 7.18. The van der Waals surface area contributed by atoms with Crippen LogP contribution in [0.3, 0.4) is 0 Å². The van der Waals surface area contributed by atoms with Crippen molar-refractivity contribution in [1.29, 1.82) is 0 Å². The molecule has 4 aromatic carbocycles. The van der Waals surface area contributed by atoms with E-state index in [9.17, 15) is 0 Å². The van der Waals surface area contributed by atoms with Crippen LogP contribution in [0.25, 0.3) is 27.6 Å². The Morgan fingerprint density at radius 1 is 0.756 bits per heavy atom. The van der Waals surface area contributed by atoms with Crippen molar-refractivity contribution in [3.05, 3.63) is 121 Å². The van der Waals surface area contributed by atoms with Crippen molar-refractivity contribution in [2.24, 2.45) is 0 Å². The topological polar surface area (TPSA) is 33.5 Å². The molecule has 1 aliphatic heterocycles. The van der Waals surface area contributed by atoms with E-state index in [0.717, 1.165) is 50.2 Å². The van der Waals surface area contributed by atoms with E-state index in [-0.39, 0.29) is 31.9 Å². The van der Waals surface area contributed by atoms with Crippen molar-refractivity contribution in [3.63, 3.8) is 0 Å². The summed E-state index contributed by atoms with van der Waals surface area (Å²) in [5, 5.41) is 2.20. The molecule has 5 nitrogen and oxygen atoms in total. The molecule has 0 bridgehead atoms. The third-order valence-electron chi connectivity index (χ3n) is 8.23. The summed E-state index contributed by atoms with van der Waals surface area (Å²) in [7, 11) is 0. The molecule has 6 aromatic rings. The molecule has 0 amide bonds. The Balaban J connectivity index is 0.00000386. The van der Waals surface area contributed by atoms with E-state index in [4.69, 9.17) is 12.5 Å². The standard InChI is InChI=1S/C39H37N4O.Pt/c1-38(2,3)26-18-19-40-37(22-26)43-33-13-9-8-12-31(33)32-17-16-29(24-36(32)43)44-30-21-27(39(4,5)6)20-28(23-30)42-25-41(7)34-14-10-11-15-35(34)42;/h8-22,25H,1-7H3;/q-3;/i7D2;. The molecule has 0 atom stereocenters. The molecule has 232 valence electrons. The summed E-state index contributed by atoms with van der Waals surface area (Å²) < 4.78 is 25.0. The minimum atomic E-state index is -1.18. The van der Waals surface area contributed by atoms with Gasteiger partial charge in [0.1, 0.15) is 5.82 Å². The van der Waals surface area contributed by atoms with E-state index in [1.807, 2.05) is 47.5 Å². The van der Waals surface area contributed by atoms with Crippen molar-refractivity contribution in [2.45, 2.75) is 52.4 Å². The van der Waals surface area contributed by atoms with Crippen molar-refractivity contribution >= 4 is 38.9 Å². The number of anilines is 3. The van der Waals surface area contributed by atoms with Crippen LogP contribution in [0.15, 0.2) is 91.1 Å². The zero-order valence-electron chi connectivity index (χ0n) is 28.3. The predicted octanol–water partition coefficient (Wildman–Crippen LogP) is 9.87. The van der Waals surface area contributed by atoms with Gasteiger partial charge in [-0.3, -0.25) is 0 Å². The Labute approximate surface area is 283 Å². The first kappa shape index (κ1) is 28.4. The number of pyridine rings is 1. The number of benzene rings is 4. The monoisotopic (exact) mass is 774 g/mol. The van der Waals surface area contributed by atoms with E-state index < -0.39 is 7.00 Å². The molecule has 3 heterocycles. The van der Waals surface area contributed by atoms with Gasteiger partial charge in [-0.15, -0.1) is 47.0 Å². The smallest absolute Gasteiger partial charge is 0.135 e. The van der Waals surface area contributed by atoms with E-state index in [1.54, 1.807) is 11.6 Å². The number of fused-ring (bicyclic) bond motifs is 4. The normalized spacial score (nSPS) is 14.0. The largest absolute Gasteiger partial charge is 0.509 e. The van der Waals surface area contributed by atoms with E-state index in [1.165, 1.54) is 5.56 Å². The van der Waals surface area contributed by atoms with Gasteiger partial charge in [-0.05, 0) is 59.1 Å². The molecule has 2 aromatic heterocycles. The maximum atomic E-state index is 8.11. The number of hydrogen-bond donors (Lipinski definition) is 0. The molecule has 0 spiro atoms. The van der Waals surface area contributed by atoms with Crippen LogP contribution in [0.2, 0.25) is 0 Å². The van der Waals surface area contributed by atoms with Gasteiger partial charge < -0.3 is 19.1 Å². The Morgan fingerprint density at radius 2 is 1.49 bits per heavy atom. The number of aromatic nitrogens is 2. The van der Waals surface area contributed by atoms with Gasteiger partial charge in [-0.2, -0.15) is 12.7 Å². The Morgan fingerprint density at radius 3 is 2.24 bits per heavy atom. The fraction of sp³-hybridized carbons (Fsp3) is 0.231.